The van der Waals surface area contributed by atoms with E-state index in [0.29, 0.717) is 18.5 Å². The number of hydrogen-bond acceptors (Lipinski definition) is 4. The zero-order valence-electron chi connectivity index (χ0n) is 18.8. The molecule has 1 saturated heterocycles. The highest BCUT2D eigenvalue weighted by atomic mass is 127. The molecule has 172 valence electrons. The third-order valence-electron chi connectivity index (χ3n) is 5.92. The van der Waals surface area contributed by atoms with Gasteiger partial charge in [-0.2, -0.15) is 0 Å². The molecule has 1 aromatic heterocycles. The van der Waals surface area contributed by atoms with Crippen LogP contribution >= 0.6 is 35.3 Å². The number of nitrogens with zero attached hydrogens (tertiary/aromatic N) is 3. The maximum atomic E-state index is 13.7. The Morgan fingerprint density at radius 2 is 2.10 bits per heavy atom. The first-order chi connectivity index (χ1) is 14.5. The molecule has 8 heteroatoms. The van der Waals surface area contributed by atoms with Crippen LogP contribution in [0.25, 0.3) is 0 Å². The lowest BCUT2D eigenvalue weighted by Gasteiger charge is -2.39. The van der Waals surface area contributed by atoms with E-state index in [4.69, 9.17) is 0 Å². The fourth-order valence-corrected chi connectivity index (χ4v) is 5.32. The van der Waals surface area contributed by atoms with Gasteiger partial charge in [0.2, 0.25) is 0 Å². The highest BCUT2D eigenvalue weighted by molar-refractivity contribution is 14.0. The van der Waals surface area contributed by atoms with Crippen molar-refractivity contribution in [1.82, 2.24) is 20.4 Å². The maximum absolute atomic E-state index is 13.7. The van der Waals surface area contributed by atoms with Gasteiger partial charge in [0.25, 0.3) is 0 Å². The Balaban J connectivity index is 0.00000341. The molecule has 2 N–H and O–H groups in total. The minimum atomic E-state index is -0.206. The van der Waals surface area contributed by atoms with Crippen molar-refractivity contribution < 1.29 is 4.39 Å². The van der Waals surface area contributed by atoms with Crippen LogP contribution in [0, 0.1) is 11.7 Å². The van der Waals surface area contributed by atoms with Gasteiger partial charge >= 0.3 is 0 Å². The Morgan fingerprint density at radius 1 is 1.29 bits per heavy atom. The van der Waals surface area contributed by atoms with Gasteiger partial charge < -0.3 is 15.5 Å². The number of piperidine rings is 1. The Morgan fingerprint density at radius 3 is 2.74 bits per heavy atom. The average molecular weight is 560 g/mol. The molecule has 31 heavy (non-hydrogen) atoms. The summed E-state index contributed by atoms with van der Waals surface area (Å²) in [6, 6.07) is 11.7. The lowest BCUT2D eigenvalue weighted by Crippen LogP contribution is -2.46. The van der Waals surface area contributed by atoms with E-state index in [1.54, 1.807) is 19.2 Å². The van der Waals surface area contributed by atoms with Crippen LogP contribution in [-0.2, 0) is 0 Å². The topological polar surface area (TPSA) is 42.9 Å². The number of halogens is 2. The summed E-state index contributed by atoms with van der Waals surface area (Å²) in [6.45, 7) is 2.67. The quantitative estimate of drug-likeness (QED) is 0.301. The third-order valence-corrected chi connectivity index (χ3v) is 6.86. The summed E-state index contributed by atoms with van der Waals surface area (Å²) in [7, 11) is 8.05. The number of rotatable bonds is 7. The Bertz CT molecular complexity index is 814. The number of likely N-dealkylation sites (N-methyl/N-ethyl adjacent to an activating group) is 1. The standard InChI is InChI=1S/C23H34FN5S.HI/c1-25-23(27-16-20(28(2)3)17-8-5-10-19(24)14-17)26-15-18-9-6-12-29(4)22(18)21-11-7-13-30-21;/h5,7-8,10-11,13-14,18,20,22H,6,9,12,15-16H2,1-4H3,(H2,25,26,27);1H. The Labute approximate surface area is 207 Å². The number of hydrogen-bond donors (Lipinski definition) is 2. The summed E-state index contributed by atoms with van der Waals surface area (Å²) in [5, 5.41) is 9.13. The van der Waals surface area contributed by atoms with E-state index >= 15 is 0 Å². The van der Waals surface area contributed by atoms with Crippen LogP contribution < -0.4 is 10.6 Å². The summed E-state index contributed by atoms with van der Waals surface area (Å²) in [6.07, 6.45) is 2.43. The molecule has 0 spiro atoms. The fraction of sp³-hybridized carbons (Fsp3) is 0.522. The van der Waals surface area contributed by atoms with E-state index in [1.165, 1.54) is 23.8 Å². The van der Waals surface area contributed by atoms with Crippen LogP contribution in [-0.4, -0.2) is 63.6 Å². The molecule has 1 aromatic carbocycles. The van der Waals surface area contributed by atoms with E-state index in [9.17, 15) is 4.39 Å². The van der Waals surface area contributed by atoms with Gasteiger partial charge in [0, 0.05) is 31.1 Å². The summed E-state index contributed by atoms with van der Waals surface area (Å²) >= 11 is 1.84. The van der Waals surface area contributed by atoms with Gasteiger partial charge in [0.05, 0.1) is 6.04 Å². The first-order valence-corrected chi connectivity index (χ1v) is 11.5. The van der Waals surface area contributed by atoms with Gasteiger partial charge in [-0.05, 0) is 75.6 Å². The molecular weight excluding hydrogens is 524 g/mol. The number of likely N-dealkylation sites (tertiary alicyclic amines) is 1. The van der Waals surface area contributed by atoms with Crippen LogP contribution in [0.4, 0.5) is 4.39 Å². The van der Waals surface area contributed by atoms with Crippen LogP contribution in [0.15, 0.2) is 46.8 Å². The summed E-state index contributed by atoms with van der Waals surface area (Å²) in [5.74, 6) is 1.12. The van der Waals surface area contributed by atoms with Crippen LogP contribution in [0.1, 0.15) is 35.4 Å². The van der Waals surface area contributed by atoms with Gasteiger partial charge in [-0.25, -0.2) is 4.39 Å². The lowest BCUT2D eigenvalue weighted by molar-refractivity contribution is 0.125. The zero-order chi connectivity index (χ0) is 21.5. The molecule has 5 nitrogen and oxygen atoms in total. The fourth-order valence-electron chi connectivity index (χ4n) is 4.34. The molecule has 0 bridgehead atoms. The third kappa shape index (κ3) is 7.13. The van der Waals surface area contributed by atoms with Gasteiger partial charge in [-0.15, -0.1) is 35.3 Å². The molecule has 3 rings (SSSR count). The van der Waals surface area contributed by atoms with E-state index in [-0.39, 0.29) is 35.8 Å². The second-order valence-corrected chi connectivity index (χ2v) is 9.19. The van der Waals surface area contributed by atoms with Crippen molar-refractivity contribution in [3.05, 3.63) is 58.0 Å². The monoisotopic (exact) mass is 559 g/mol. The first-order valence-electron chi connectivity index (χ1n) is 10.6. The van der Waals surface area contributed by atoms with Gasteiger partial charge in [0.1, 0.15) is 5.82 Å². The normalized spacial score (nSPS) is 20.9. The molecule has 0 aliphatic carbocycles. The summed E-state index contributed by atoms with van der Waals surface area (Å²) < 4.78 is 13.7. The highest BCUT2D eigenvalue weighted by Gasteiger charge is 2.31. The molecule has 0 amide bonds. The summed E-state index contributed by atoms with van der Waals surface area (Å²) in [5.41, 5.74) is 0.953. The molecule has 1 aliphatic rings. The minimum absolute atomic E-state index is 0. The van der Waals surface area contributed by atoms with Crippen molar-refractivity contribution in [3.63, 3.8) is 0 Å². The lowest BCUT2D eigenvalue weighted by atomic mass is 9.88. The van der Waals surface area contributed by atoms with E-state index in [1.807, 2.05) is 31.5 Å². The van der Waals surface area contributed by atoms with Crippen LogP contribution in [0.3, 0.4) is 0 Å². The van der Waals surface area contributed by atoms with E-state index in [2.05, 4.69) is 50.0 Å². The number of thiophene rings is 1. The smallest absolute Gasteiger partial charge is 0.191 e. The van der Waals surface area contributed by atoms with Crippen LogP contribution in [0.2, 0.25) is 0 Å². The number of guanidine groups is 1. The van der Waals surface area contributed by atoms with Crippen molar-refractivity contribution in [2.24, 2.45) is 10.9 Å². The van der Waals surface area contributed by atoms with Crippen molar-refractivity contribution >= 4 is 41.3 Å². The van der Waals surface area contributed by atoms with E-state index < -0.39 is 0 Å². The highest BCUT2D eigenvalue weighted by Crippen LogP contribution is 2.36. The number of aliphatic imine (C=N–C) groups is 1. The minimum Gasteiger partial charge on any atom is -0.356 e. The molecule has 1 aliphatic heterocycles. The first kappa shape index (κ1) is 26.0. The SMILES string of the molecule is CN=C(NCC1CCCN(C)C1c1cccs1)NCC(c1cccc(F)c1)N(C)C.I. The van der Waals surface area contributed by atoms with Gasteiger partial charge in [-0.1, -0.05) is 18.2 Å². The predicted molar refractivity (Wildman–Crippen MR) is 140 cm³/mol. The number of nitrogens with one attached hydrogen (secondary N) is 2. The molecule has 2 aromatic rings. The molecule has 0 radical (unpaired) electrons. The van der Waals surface area contributed by atoms with Gasteiger partial charge in [0.15, 0.2) is 5.96 Å². The van der Waals surface area contributed by atoms with Crippen LogP contribution in [0.5, 0.6) is 0 Å². The molecule has 2 heterocycles. The zero-order valence-corrected chi connectivity index (χ0v) is 22.0. The predicted octanol–water partition coefficient (Wildman–Crippen LogP) is 4.36. The van der Waals surface area contributed by atoms with Gasteiger partial charge in [-0.3, -0.25) is 9.89 Å². The Hall–Kier alpha value is -1.23. The maximum Gasteiger partial charge on any atom is 0.191 e. The van der Waals surface area contributed by atoms with Crippen molar-refractivity contribution in [1.29, 1.82) is 0 Å². The second-order valence-electron chi connectivity index (χ2n) is 8.21. The number of benzene rings is 1. The summed E-state index contributed by atoms with van der Waals surface area (Å²) in [4.78, 5) is 10.4. The Kier molecular flexibility index (Phi) is 10.7. The second kappa shape index (κ2) is 12.7. The molecular formula is C23H35FIN5S. The van der Waals surface area contributed by atoms with Crippen molar-refractivity contribution in [2.75, 3.05) is 47.8 Å². The molecule has 3 unspecified atom stereocenters. The molecule has 1 fully saturated rings. The molecule has 3 atom stereocenters. The largest absolute Gasteiger partial charge is 0.356 e. The molecule has 0 saturated carbocycles. The van der Waals surface area contributed by atoms with Crippen molar-refractivity contribution in [2.45, 2.75) is 24.9 Å². The van der Waals surface area contributed by atoms with Crippen molar-refractivity contribution in [3.8, 4) is 0 Å². The van der Waals surface area contributed by atoms with E-state index in [0.717, 1.165) is 24.6 Å². The average Bonchev–Trinajstić information content (AvgIpc) is 3.24.